The Bertz CT molecular complexity index is 966. The molecular formula is C25H32N4S. The van der Waals surface area contributed by atoms with E-state index in [1.54, 1.807) is 0 Å². The van der Waals surface area contributed by atoms with Crippen molar-refractivity contribution in [3.63, 3.8) is 0 Å². The fourth-order valence-corrected chi connectivity index (χ4v) is 5.92. The van der Waals surface area contributed by atoms with E-state index in [-0.39, 0.29) is 0 Å². The van der Waals surface area contributed by atoms with Gasteiger partial charge in [-0.2, -0.15) is 0 Å². The summed E-state index contributed by atoms with van der Waals surface area (Å²) in [7, 11) is 0. The molecule has 5 heteroatoms. The molecule has 0 spiro atoms. The number of anilines is 1. The summed E-state index contributed by atoms with van der Waals surface area (Å²) in [6.45, 7) is 7.02. The number of thiazole rings is 1. The van der Waals surface area contributed by atoms with Gasteiger partial charge in [0.05, 0.1) is 10.9 Å². The number of piperidine rings is 2. The van der Waals surface area contributed by atoms with Gasteiger partial charge in [0.1, 0.15) is 5.52 Å². The van der Waals surface area contributed by atoms with Crippen LogP contribution in [0.5, 0.6) is 0 Å². The van der Waals surface area contributed by atoms with Gasteiger partial charge in [-0.3, -0.25) is 4.98 Å². The van der Waals surface area contributed by atoms with E-state index >= 15 is 0 Å². The number of benzene rings is 1. The molecule has 3 aromatic rings. The maximum atomic E-state index is 4.91. The molecule has 2 aromatic heterocycles. The molecule has 0 bridgehead atoms. The van der Waals surface area contributed by atoms with E-state index < -0.39 is 0 Å². The standard InChI is InChI=1S/C25H32N4S/c1-19-5-7-20(8-6-19)9-10-21-17-24-23(18-26-21)27-25(30-24)29-15-11-22(12-16-29)28-13-3-2-4-14-28/h5-8,17-18,22H,2-4,9-16H2,1H3. The van der Waals surface area contributed by atoms with Crippen LogP contribution in [-0.4, -0.2) is 47.1 Å². The van der Waals surface area contributed by atoms with Crippen LogP contribution in [0, 0.1) is 6.92 Å². The largest absolute Gasteiger partial charge is 0.348 e. The normalized spacial score (nSPS) is 18.9. The Balaban J connectivity index is 1.21. The molecule has 0 unspecified atom stereocenters. The molecule has 0 aliphatic carbocycles. The van der Waals surface area contributed by atoms with Crippen LogP contribution in [-0.2, 0) is 12.8 Å². The summed E-state index contributed by atoms with van der Waals surface area (Å²) in [5.41, 5.74) is 4.91. The minimum Gasteiger partial charge on any atom is -0.348 e. The van der Waals surface area contributed by atoms with E-state index in [1.165, 1.54) is 71.8 Å². The lowest BCUT2D eigenvalue weighted by Crippen LogP contribution is -2.46. The number of fused-ring (bicyclic) bond motifs is 1. The third kappa shape index (κ3) is 4.52. The third-order valence-corrected chi connectivity index (χ3v) is 7.83. The first kappa shape index (κ1) is 20.0. The third-order valence-electron chi connectivity index (χ3n) is 6.75. The summed E-state index contributed by atoms with van der Waals surface area (Å²) < 4.78 is 1.28. The van der Waals surface area contributed by atoms with Crippen LogP contribution in [0.2, 0.25) is 0 Å². The average molecular weight is 421 g/mol. The van der Waals surface area contributed by atoms with Gasteiger partial charge >= 0.3 is 0 Å². The maximum absolute atomic E-state index is 4.91. The van der Waals surface area contributed by atoms with Gasteiger partial charge in [0.15, 0.2) is 5.13 Å². The second-order valence-electron chi connectivity index (χ2n) is 8.94. The zero-order valence-corrected chi connectivity index (χ0v) is 18.8. The predicted molar refractivity (Wildman–Crippen MR) is 127 cm³/mol. The summed E-state index contributed by atoms with van der Waals surface area (Å²) in [4.78, 5) is 14.8. The molecule has 1 aromatic carbocycles. The second-order valence-corrected chi connectivity index (χ2v) is 9.95. The SMILES string of the molecule is Cc1ccc(CCc2cc3sc(N4CCC(N5CCCCC5)CC4)nc3cn2)cc1. The highest BCUT2D eigenvalue weighted by atomic mass is 32.1. The number of pyridine rings is 1. The van der Waals surface area contributed by atoms with Crippen molar-refractivity contribution in [1.82, 2.24) is 14.9 Å². The number of nitrogens with zero attached hydrogens (tertiary/aromatic N) is 4. The zero-order chi connectivity index (χ0) is 20.3. The molecule has 0 radical (unpaired) electrons. The van der Waals surface area contributed by atoms with Crippen LogP contribution in [0.3, 0.4) is 0 Å². The van der Waals surface area contributed by atoms with Crippen molar-refractivity contribution >= 4 is 26.7 Å². The van der Waals surface area contributed by atoms with Crippen molar-refractivity contribution in [3.05, 3.63) is 53.3 Å². The topological polar surface area (TPSA) is 32.3 Å². The Kier molecular flexibility index (Phi) is 6.00. The number of likely N-dealkylation sites (tertiary alicyclic amines) is 1. The van der Waals surface area contributed by atoms with Crippen molar-refractivity contribution in [2.24, 2.45) is 0 Å². The van der Waals surface area contributed by atoms with E-state index in [9.17, 15) is 0 Å². The Labute approximate surface area is 184 Å². The quantitative estimate of drug-likeness (QED) is 0.565. The fraction of sp³-hybridized carbons (Fsp3) is 0.520. The smallest absolute Gasteiger partial charge is 0.186 e. The Morgan fingerprint density at radius 3 is 2.50 bits per heavy atom. The van der Waals surface area contributed by atoms with E-state index in [4.69, 9.17) is 9.97 Å². The molecular weight excluding hydrogens is 388 g/mol. The van der Waals surface area contributed by atoms with Crippen LogP contribution in [0.15, 0.2) is 36.5 Å². The summed E-state index contributed by atoms with van der Waals surface area (Å²) in [5.74, 6) is 0. The molecule has 5 rings (SSSR count). The molecule has 0 amide bonds. The first-order chi connectivity index (χ1) is 14.7. The van der Waals surface area contributed by atoms with Crippen molar-refractivity contribution < 1.29 is 0 Å². The van der Waals surface area contributed by atoms with Gasteiger partial charge in [0.2, 0.25) is 0 Å². The van der Waals surface area contributed by atoms with Crippen LogP contribution < -0.4 is 4.90 Å². The molecule has 30 heavy (non-hydrogen) atoms. The van der Waals surface area contributed by atoms with Gasteiger partial charge < -0.3 is 9.80 Å². The van der Waals surface area contributed by atoms with Crippen LogP contribution in [0.1, 0.15) is 48.9 Å². The highest BCUT2D eigenvalue weighted by molar-refractivity contribution is 7.22. The van der Waals surface area contributed by atoms with Gasteiger partial charge in [0, 0.05) is 24.8 Å². The van der Waals surface area contributed by atoms with E-state index in [0.29, 0.717) is 0 Å². The first-order valence-electron chi connectivity index (χ1n) is 11.5. The Hall–Kier alpha value is -1.98. The second kappa shape index (κ2) is 9.03. The molecule has 2 saturated heterocycles. The molecule has 2 fully saturated rings. The number of aromatic nitrogens is 2. The number of rotatable bonds is 5. The molecule has 4 heterocycles. The Morgan fingerprint density at radius 2 is 1.73 bits per heavy atom. The zero-order valence-electron chi connectivity index (χ0n) is 18.0. The highest BCUT2D eigenvalue weighted by Gasteiger charge is 2.26. The van der Waals surface area contributed by atoms with Gasteiger partial charge in [0.25, 0.3) is 0 Å². The lowest BCUT2D eigenvalue weighted by atomic mass is 10.0. The molecule has 4 nitrogen and oxygen atoms in total. The van der Waals surface area contributed by atoms with Crippen molar-refractivity contribution in [1.29, 1.82) is 0 Å². The molecule has 0 N–H and O–H groups in total. The summed E-state index contributed by atoms with van der Waals surface area (Å²) in [6, 6.07) is 11.9. The summed E-state index contributed by atoms with van der Waals surface area (Å²) in [6.07, 6.45) is 10.7. The number of hydrogen-bond acceptors (Lipinski definition) is 5. The minimum absolute atomic E-state index is 0.783. The van der Waals surface area contributed by atoms with Gasteiger partial charge in [-0.05, 0) is 70.2 Å². The minimum atomic E-state index is 0.783. The maximum Gasteiger partial charge on any atom is 0.186 e. The number of aryl methyl sites for hydroxylation is 3. The molecule has 2 aliphatic rings. The van der Waals surface area contributed by atoms with Crippen LogP contribution in [0.25, 0.3) is 10.2 Å². The molecule has 0 saturated carbocycles. The first-order valence-corrected chi connectivity index (χ1v) is 12.4. The molecule has 0 atom stereocenters. The van der Waals surface area contributed by atoms with Crippen molar-refractivity contribution in [2.45, 2.75) is 57.9 Å². The predicted octanol–water partition coefficient (Wildman–Crippen LogP) is 5.24. The van der Waals surface area contributed by atoms with Crippen LogP contribution in [0.4, 0.5) is 5.13 Å². The fourth-order valence-electron chi connectivity index (χ4n) is 4.87. The lowest BCUT2D eigenvalue weighted by Gasteiger charge is -2.40. The van der Waals surface area contributed by atoms with Gasteiger partial charge in [-0.25, -0.2) is 4.98 Å². The number of hydrogen-bond donors (Lipinski definition) is 0. The highest BCUT2D eigenvalue weighted by Crippen LogP contribution is 2.32. The van der Waals surface area contributed by atoms with Gasteiger partial charge in [-0.15, -0.1) is 0 Å². The summed E-state index contributed by atoms with van der Waals surface area (Å²) in [5, 5.41) is 1.18. The van der Waals surface area contributed by atoms with Crippen molar-refractivity contribution in [3.8, 4) is 0 Å². The van der Waals surface area contributed by atoms with Crippen LogP contribution >= 0.6 is 11.3 Å². The lowest BCUT2D eigenvalue weighted by molar-refractivity contribution is 0.141. The van der Waals surface area contributed by atoms with E-state index in [1.807, 2.05) is 17.5 Å². The van der Waals surface area contributed by atoms with E-state index in [0.717, 1.165) is 37.5 Å². The van der Waals surface area contributed by atoms with Gasteiger partial charge in [-0.1, -0.05) is 47.6 Å². The van der Waals surface area contributed by atoms with Crippen molar-refractivity contribution in [2.75, 3.05) is 31.1 Å². The Morgan fingerprint density at radius 1 is 0.967 bits per heavy atom. The average Bonchev–Trinajstić information content (AvgIpc) is 3.23. The van der Waals surface area contributed by atoms with E-state index in [2.05, 4.69) is 47.1 Å². The molecule has 2 aliphatic heterocycles. The molecule has 158 valence electrons. The monoisotopic (exact) mass is 420 g/mol. The summed E-state index contributed by atoms with van der Waals surface area (Å²) >= 11 is 1.84.